The highest BCUT2D eigenvalue weighted by Crippen LogP contribution is 2.32. The van der Waals surface area contributed by atoms with Gasteiger partial charge in [0.05, 0.1) is 5.54 Å². The van der Waals surface area contributed by atoms with Crippen molar-refractivity contribution < 1.29 is 9.53 Å². The van der Waals surface area contributed by atoms with E-state index in [0.29, 0.717) is 13.2 Å². The number of anilines is 1. The molecule has 1 heterocycles. The second-order valence-electron chi connectivity index (χ2n) is 4.26. The summed E-state index contributed by atoms with van der Waals surface area (Å²) in [7, 11) is 0. The molecule has 0 spiro atoms. The van der Waals surface area contributed by atoms with Crippen molar-refractivity contribution in [2.24, 2.45) is 5.73 Å². The van der Waals surface area contributed by atoms with Crippen molar-refractivity contribution in [2.75, 3.05) is 18.1 Å². The Morgan fingerprint density at radius 2 is 2.12 bits per heavy atom. The van der Waals surface area contributed by atoms with E-state index in [-0.39, 0.29) is 11.6 Å². The molecule has 1 aliphatic heterocycles. The van der Waals surface area contributed by atoms with Crippen LogP contribution in [0.4, 0.5) is 10.5 Å². The fourth-order valence-electron chi connectivity index (χ4n) is 2.06. The van der Waals surface area contributed by atoms with Gasteiger partial charge in [0.2, 0.25) is 0 Å². The summed E-state index contributed by atoms with van der Waals surface area (Å²) in [6.45, 7) is 2.94. The van der Waals surface area contributed by atoms with Crippen molar-refractivity contribution in [2.45, 2.75) is 18.9 Å². The predicted octanol–water partition coefficient (Wildman–Crippen LogP) is 1.75. The van der Waals surface area contributed by atoms with Crippen molar-refractivity contribution in [3.63, 3.8) is 0 Å². The lowest BCUT2D eigenvalue weighted by Gasteiger charge is -2.31. The molecular weight excluding hydrogens is 204 g/mol. The first-order valence-electron chi connectivity index (χ1n) is 5.39. The number of cyclic esters (lactones) is 1. The molecule has 4 nitrogen and oxygen atoms in total. The van der Waals surface area contributed by atoms with Crippen LogP contribution in [0, 0.1) is 0 Å². The summed E-state index contributed by atoms with van der Waals surface area (Å²) in [5.41, 5.74) is 6.12. The number of nitrogens with two attached hydrogens (primary N) is 1. The summed E-state index contributed by atoms with van der Waals surface area (Å²) >= 11 is 0. The van der Waals surface area contributed by atoms with Gasteiger partial charge in [0.25, 0.3) is 0 Å². The van der Waals surface area contributed by atoms with Gasteiger partial charge in [-0.1, -0.05) is 18.2 Å². The Morgan fingerprint density at radius 1 is 1.44 bits per heavy atom. The van der Waals surface area contributed by atoms with Crippen LogP contribution in [0.15, 0.2) is 30.3 Å². The number of hydrogen-bond acceptors (Lipinski definition) is 3. The Kier molecular flexibility index (Phi) is 2.83. The number of benzene rings is 1. The largest absolute Gasteiger partial charge is 0.447 e. The van der Waals surface area contributed by atoms with E-state index in [0.717, 1.165) is 12.1 Å². The van der Waals surface area contributed by atoms with Crippen molar-refractivity contribution in [3.8, 4) is 0 Å². The molecule has 0 aliphatic carbocycles. The number of para-hydroxylation sites is 1. The summed E-state index contributed by atoms with van der Waals surface area (Å²) < 4.78 is 5.12. The zero-order valence-electron chi connectivity index (χ0n) is 9.35. The van der Waals surface area contributed by atoms with Gasteiger partial charge in [0.15, 0.2) is 0 Å². The van der Waals surface area contributed by atoms with E-state index in [1.807, 2.05) is 37.3 Å². The van der Waals surface area contributed by atoms with Crippen molar-refractivity contribution in [1.82, 2.24) is 0 Å². The second-order valence-corrected chi connectivity index (χ2v) is 4.26. The van der Waals surface area contributed by atoms with Crippen LogP contribution in [0.3, 0.4) is 0 Å². The molecule has 0 bridgehead atoms. The van der Waals surface area contributed by atoms with Gasteiger partial charge < -0.3 is 10.5 Å². The van der Waals surface area contributed by atoms with Crippen LogP contribution in [-0.4, -0.2) is 24.8 Å². The van der Waals surface area contributed by atoms with E-state index in [9.17, 15) is 4.79 Å². The third kappa shape index (κ3) is 1.76. The molecule has 2 N–H and O–H groups in total. The fraction of sp³-hybridized carbons (Fsp3) is 0.417. The van der Waals surface area contributed by atoms with Gasteiger partial charge in [0.1, 0.15) is 6.61 Å². The van der Waals surface area contributed by atoms with E-state index >= 15 is 0 Å². The molecule has 4 heteroatoms. The van der Waals surface area contributed by atoms with E-state index in [1.54, 1.807) is 4.90 Å². The number of hydrogen-bond donors (Lipinski definition) is 1. The lowest BCUT2D eigenvalue weighted by molar-refractivity contribution is 0.173. The van der Waals surface area contributed by atoms with Gasteiger partial charge in [-0.05, 0) is 32.0 Å². The zero-order valence-corrected chi connectivity index (χ0v) is 9.35. The Labute approximate surface area is 95.0 Å². The van der Waals surface area contributed by atoms with Crippen LogP contribution in [0.25, 0.3) is 0 Å². The van der Waals surface area contributed by atoms with Crippen LogP contribution in [0.2, 0.25) is 0 Å². The molecule has 2 rings (SSSR count). The van der Waals surface area contributed by atoms with Gasteiger partial charge in [-0.2, -0.15) is 0 Å². The second kappa shape index (κ2) is 4.14. The predicted molar refractivity (Wildman–Crippen MR) is 62.3 cm³/mol. The normalized spacial score (nSPS) is 24.6. The van der Waals surface area contributed by atoms with E-state index in [1.165, 1.54) is 0 Å². The number of carbonyl (C=O) groups is 1. The molecule has 1 aromatic carbocycles. The minimum absolute atomic E-state index is 0.290. The van der Waals surface area contributed by atoms with E-state index < -0.39 is 0 Å². The first-order valence-corrected chi connectivity index (χ1v) is 5.39. The SMILES string of the molecule is CC1(CCN)COC(=O)N1c1ccccc1. The highest BCUT2D eigenvalue weighted by atomic mass is 16.6. The van der Waals surface area contributed by atoms with Gasteiger partial charge in [0, 0.05) is 5.69 Å². The third-order valence-electron chi connectivity index (χ3n) is 2.93. The van der Waals surface area contributed by atoms with Crippen LogP contribution in [0.5, 0.6) is 0 Å². The molecule has 0 radical (unpaired) electrons. The molecule has 1 unspecified atom stereocenters. The molecule has 1 aromatic rings. The van der Waals surface area contributed by atoms with Crippen molar-refractivity contribution in [1.29, 1.82) is 0 Å². The maximum atomic E-state index is 11.7. The summed E-state index contributed by atoms with van der Waals surface area (Å²) in [5.74, 6) is 0. The summed E-state index contributed by atoms with van der Waals surface area (Å²) in [6.07, 6.45) is 0.440. The maximum Gasteiger partial charge on any atom is 0.415 e. The topological polar surface area (TPSA) is 55.6 Å². The molecule has 16 heavy (non-hydrogen) atoms. The van der Waals surface area contributed by atoms with E-state index in [4.69, 9.17) is 10.5 Å². The van der Waals surface area contributed by atoms with Gasteiger partial charge >= 0.3 is 6.09 Å². The molecule has 1 amide bonds. The lowest BCUT2D eigenvalue weighted by Crippen LogP contribution is -2.46. The Bertz CT molecular complexity index is 380. The standard InChI is InChI=1S/C12H16N2O2/c1-12(7-8-13)9-16-11(15)14(12)10-5-3-2-4-6-10/h2-6H,7-9,13H2,1H3. The van der Waals surface area contributed by atoms with Gasteiger partial charge in [-0.15, -0.1) is 0 Å². The average molecular weight is 220 g/mol. The molecule has 0 saturated carbocycles. The number of ether oxygens (including phenoxy) is 1. The smallest absolute Gasteiger partial charge is 0.415 e. The average Bonchev–Trinajstić information content (AvgIpc) is 2.56. The molecular formula is C12H16N2O2. The minimum Gasteiger partial charge on any atom is -0.447 e. The lowest BCUT2D eigenvalue weighted by atomic mass is 9.97. The van der Waals surface area contributed by atoms with Gasteiger partial charge in [-0.3, -0.25) is 4.90 Å². The molecule has 86 valence electrons. The Hall–Kier alpha value is -1.55. The third-order valence-corrected chi connectivity index (χ3v) is 2.93. The minimum atomic E-state index is -0.326. The molecule has 1 atom stereocenters. The van der Waals surface area contributed by atoms with Crippen LogP contribution >= 0.6 is 0 Å². The quantitative estimate of drug-likeness (QED) is 0.844. The Morgan fingerprint density at radius 3 is 2.75 bits per heavy atom. The monoisotopic (exact) mass is 220 g/mol. The van der Waals surface area contributed by atoms with Gasteiger partial charge in [-0.25, -0.2) is 4.79 Å². The number of carbonyl (C=O) groups excluding carboxylic acids is 1. The first kappa shape index (κ1) is 11.0. The molecule has 0 aromatic heterocycles. The fourth-order valence-corrected chi connectivity index (χ4v) is 2.06. The Balaban J connectivity index is 2.33. The van der Waals surface area contributed by atoms with Crippen molar-refractivity contribution >= 4 is 11.8 Å². The molecule has 1 aliphatic rings. The van der Waals surface area contributed by atoms with Crippen LogP contribution < -0.4 is 10.6 Å². The summed E-state index contributed by atoms with van der Waals surface area (Å²) in [4.78, 5) is 13.4. The number of rotatable bonds is 3. The summed E-state index contributed by atoms with van der Waals surface area (Å²) in [6, 6.07) is 9.54. The summed E-state index contributed by atoms with van der Waals surface area (Å²) in [5, 5.41) is 0. The highest BCUT2D eigenvalue weighted by molar-refractivity contribution is 5.91. The molecule has 1 saturated heterocycles. The van der Waals surface area contributed by atoms with Crippen molar-refractivity contribution in [3.05, 3.63) is 30.3 Å². The van der Waals surface area contributed by atoms with Crippen LogP contribution in [0.1, 0.15) is 13.3 Å². The molecule has 1 fully saturated rings. The first-order chi connectivity index (χ1) is 7.67. The number of amides is 1. The van der Waals surface area contributed by atoms with E-state index in [2.05, 4.69) is 0 Å². The highest BCUT2D eigenvalue weighted by Gasteiger charge is 2.43. The van der Waals surface area contributed by atoms with Crippen LogP contribution in [-0.2, 0) is 4.74 Å². The maximum absolute atomic E-state index is 11.7. The number of nitrogens with zero attached hydrogens (tertiary/aromatic N) is 1. The zero-order chi connectivity index (χ0) is 11.6.